The molecule has 1 fully saturated rings. The minimum Gasteiger partial charge on any atom is -0.351 e. The molecule has 4 heteroatoms. The Morgan fingerprint density at radius 3 is 2.83 bits per heavy atom. The summed E-state index contributed by atoms with van der Waals surface area (Å²) >= 11 is 0. The largest absolute Gasteiger partial charge is 0.351 e. The van der Waals surface area contributed by atoms with Crippen molar-refractivity contribution in [2.24, 2.45) is 0 Å². The first-order valence-corrected chi connectivity index (χ1v) is 4.00. The summed E-state index contributed by atoms with van der Waals surface area (Å²) in [5, 5.41) is 3.66. The van der Waals surface area contributed by atoms with Gasteiger partial charge in [-0.15, -0.1) is 0 Å². The van der Waals surface area contributed by atoms with Crippen LogP contribution >= 0.6 is 0 Å². The normalized spacial score (nSPS) is 15.9. The summed E-state index contributed by atoms with van der Waals surface area (Å²) in [6.07, 6.45) is 1.10. The predicted molar refractivity (Wildman–Crippen MR) is 41.8 cm³/mol. The Labute approximate surface area is 70.1 Å². The van der Waals surface area contributed by atoms with Gasteiger partial charge in [-0.25, -0.2) is 0 Å². The smallest absolute Gasteiger partial charge is 0.292 e. The summed E-state index contributed by atoms with van der Waals surface area (Å²) in [6.45, 7) is 3.49. The van der Waals surface area contributed by atoms with Gasteiger partial charge in [0.25, 0.3) is 5.91 Å². The summed E-state index contributed by atoms with van der Waals surface area (Å²) in [4.78, 5) is 13.2. The zero-order valence-corrected chi connectivity index (χ0v) is 6.91. The molecule has 0 aromatic carbocycles. The molecule has 1 aromatic heterocycles. The Morgan fingerprint density at radius 1 is 1.67 bits per heavy atom. The molecule has 1 aliphatic heterocycles. The summed E-state index contributed by atoms with van der Waals surface area (Å²) in [5.41, 5.74) is 0.749. The first-order chi connectivity index (χ1) is 5.77. The quantitative estimate of drug-likeness (QED) is 0.620. The molecule has 1 aromatic rings. The number of aryl methyl sites for hydroxylation is 1. The summed E-state index contributed by atoms with van der Waals surface area (Å²) in [6, 6.07) is 1.67. The van der Waals surface area contributed by atoms with Crippen LogP contribution in [0.15, 0.2) is 10.6 Å². The topological polar surface area (TPSA) is 46.3 Å². The number of likely N-dealkylation sites (tertiary alicyclic amines) is 1. The second-order valence-corrected chi connectivity index (χ2v) is 2.98. The van der Waals surface area contributed by atoms with Crippen LogP contribution in [0.5, 0.6) is 0 Å². The Bertz CT molecular complexity index is 302. The molecule has 0 aliphatic carbocycles. The van der Waals surface area contributed by atoms with Crippen molar-refractivity contribution in [3.8, 4) is 0 Å². The van der Waals surface area contributed by atoms with Crippen molar-refractivity contribution in [1.82, 2.24) is 10.1 Å². The third-order valence-corrected chi connectivity index (χ3v) is 1.98. The molecule has 2 heterocycles. The zero-order chi connectivity index (χ0) is 8.55. The third kappa shape index (κ3) is 1.09. The van der Waals surface area contributed by atoms with Crippen LogP contribution in [-0.2, 0) is 0 Å². The maximum atomic E-state index is 11.4. The molecule has 0 saturated carbocycles. The second-order valence-electron chi connectivity index (χ2n) is 2.98. The van der Waals surface area contributed by atoms with E-state index in [0.717, 1.165) is 25.2 Å². The number of carbonyl (C=O) groups is 1. The number of hydrogen-bond donors (Lipinski definition) is 0. The highest BCUT2D eigenvalue weighted by Gasteiger charge is 2.24. The van der Waals surface area contributed by atoms with Crippen LogP contribution in [0, 0.1) is 6.92 Å². The molecule has 0 radical (unpaired) electrons. The molecular weight excluding hydrogens is 156 g/mol. The van der Waals surface area contributed by atoms with E-state index in [1.54, 1.807) is 17.9 Å². The maximum absolute atomic E-state index is 11.4. The predicted octanol–water partition coefficient (Wildman–Crippen LogP) is 0.829. The minimum absolute atomic E-state index is 0.0400. The molecule has 4 nitrogen and oxygen atoms in total. The van der Waals surface area contributed by atoms with E-state index in [4.69, 9.17) is 4.52 Å². The van der Waals surface area contributed by atoms with Gasteiger partial charge >= 0.3 is 0 Å². The number of hydrogen-bond acceptors (Lipinski definition) is 3. The van der Waals surface area contributed by atoms with Gasteiger partial charge in [0.1, 0.15) is 0 Å². The zero-order valence-electron chi connectivity index (χ0n) is 6.91. The standard InChI is InChI=1S/C8H10N2O2/c1-6-5-7(12-9-6)8(11)10-3-2-4-10/h5H,2-4H2,1H3. The van der Waals surface area contributed by atoms with Gasteiger partial charge in [0, 0.05) is 19.2 Å². The number of rotatable bonds is 1. The Hall–Kier alpha value is -1.32. The van der Waals surface area contributed by atoms with E-state index in [1.165, 1.54) is 0 Å². The SMILES string of the molecule is Cc1cc(C(=O)N2CCC2)on1. The summed E-state index contributed by atoms with van der Waals surface area (Å²) < 4.78 is 4.84. The average molecular weight is 166 g/mol. The van der Waals surface area contributed by atoms with E-state index in [0.29, 0.717) is 5.76 Å². The third-order valence-electron chi connectivity index (χ3n) is 1.98. The van der Waals surface area contributed by atoms with Gasteiger partial charge in [0.05, 0.1) is 5.69 Å². The van der Waals surface area contributed by atoms with Crippen LogP contribution in [0.4, 0.5) is 0 Å². The van der Waals surface area contributed by atoms with Crippen LogP contribution in [-0.4, -0.2) is 29.1 Å². The van der Waals surface area contributed by atoms with Crippen molar-refractivity contribution >= 4 is 5.91 Å². The van der Waals surface area contributed by atoms with E-state index in [2.05, 4.69) is 5.16 Å². The van der Waals surface area contributed by atoms with E-state index in [-0.39, 0.29) is 5.91 Å². The Kier molecular flexibility index (Phi) is 1.60. The lowest BCUT2D eigenvalue weighted by Gasteiger charge is -2.29. The van der Waals surface area contributed by atoms with Gasteiger partial charge in [-0.1, -0.05) is 5.16 Å². The fraction of sp³-hybridized carbons (Fsp3) is 0.500. The van der Waals surface area contributed by atoms with Crippen molar-refractivity contribution < 1.29 is 9.32 Å². The highest BCUT2D eigenvalue weighted by atomic mass is 16.5. The molecule has 12 heavy (non-hydrogen) atoms. The molecule has 0 bridgehead atoms. The van der Waals surface area contributed by atoms with Gasteiger partial charge in [-0.05, 0) is 13.3 Å². The van der Waals surface area contributed by atoms with Gasteiger partial charge in [0.2, 0.25) is 5.76 Å². The number of nitrogens with zero attached hydrogens (tertiary/aromatic N) is 2. The van der Waals surface area contributed by atoms with Crippen molar-refractivity contribution in [1.29, 1.82) is 0 Å². The lowest BCUT2D eigenvalue weighted by atomic mass is 10.2. The molecule has 64 valence electrons. The summed E-state index contributed by atoms with van der Waals surface area (Å²) in [7, 11) is 0. The molecule has 1 aliphatic rings. The highest BCUT2D eigenvalue weighted by molar-refractivity contribution is 5.91. The Morgan fingerprint density at radius 2 is 2.42 bits per heavy atom. The maximum Gasteiger partial charge on any atom is 0.292 e. The van der Waals surface area contributed by atoms with Crippen molar-refractivity contribution in [3.05, 3.63) is 17.5 Å². The van der Waals surface area contributed by atoms with Crippen molar-refractivity contribution in [2.75, 3.05) is 13.1 Å². The van der Waals surface area contributed by atoms with Gasteiger partial charge in [-0.2, -0.15) is 0 Å². The second kappa shape index (κ2) is 2.62. The van der Waals surface area contributed by atoms with Gasteiger partial charge < -0.3 is 9.42 Å². The molecular formula is C8H10N2O2. The molecule has 0 N–H and O–H groups in total. The minimum atomic E-state index is -0.0400. The summed E-state index contributed by atoms with van der Waals surface area (Å²) in [5.74, 6) is 0.314. The van der Waals surface area contributed by atoms with Crippen molar-refractivity contribution in [2.45, 2.75) is 13.3 Å². The van der Waals surface area contributed by atoms with Crippen LogP contribution in [0.2, 0.25) is 0 Å². The van der Waals surface area contributed by atoms with E-state index >= 15 is 0 Å². The van der Waals surface area contributed by atoms with E-state index in [1.807, 2.05) is 0 Å². The number of aromatic nitrogens is 1. The van der Waals surface area contributed by atoms with Crippen LogP contribution in [0.3, 0.4) is 0 Å². The molecule has 0 spiro atoms. The first-order valence-electron chi connectivity index (χ1n) is 4.00. The molecule has 1 saturated heterocycles. The molecule has 1 amide bonds. The van der Waals surface area contributed by atoms with Crippen LogP contribution in [0.1, 0.15) is 22.7 Å². The van der Waals surface area contributed by atoms with E-state index < -0.39 is 0 Å². The van der Waals surface area contributed by atoms with Crippen LogP contribution < -0.4 is 0 Å². The monoisotopic (exact) mass is 166 g/mol. The fourth-order valence-corrected chi connectivity index (χ4v) is 1.14. The highest BCUT2D eigenvalue weighted by Crippen LogP contribution is 2.12. The lowest BCUT2D eigenvalue weighted by molar-refractivity contribution is 0.0609. The van der Waals surface area contributed by atoms with Gasteiger partial charge in [0.15, 0.2) is 0 Å². The number of amides is 1. The fourth-order valence-electron chi connectivity index (χ4n) is 1.14. The first kappa shape index (κ1) is 7.34. The van der Waals surface area contributed by atoms with Gasteiger partial charge in [-0.3, -0.25) is 4.79 Å². The number of carbonyl (C=O) groups excluding carboxylic acids is 1. The molecule has 0 unspecified atom stereocenters. The lowest BCUT2D eigenvalue weighted by Crippen LogP contribution is -2.41. The van der Waals surface area contributed by atoms with Crippen LogP contribution in [0.25, 0.3) is 0 Å². The average Bonchev–Trinajstić information content (AvgIpc) is 2.31. The van der Waals surface area contributed by atoms with Crippen molar-refractivity contribution in [3.63, 3.8) is 0 Å². The molecule has 0 atom stereocenters. The van der Waals surface area contributed by atoms with E-state index in [9.17, 15) is 4.79 Å². The molecule has 2 rings (SSSR count). The Balaban J connectivity index is 2.13.